The molecule has 0 radical (unpaired) electrons. The molecule has 0 atom stereocenters. The van der Waals surface area contributed by atoms with Crippen molar-refractivity contribution in [2.75, 3.05) is 0 Å². The van der Waals surface area contributed by atoms with Gasteiger partial charge in [0.15, 0.2) is 0 Å². The number of fused-ring (bicyclic) bond motifs is 1. The minimum absolute atomic E-state index is 0.535. The Morgan fingerprint density at radius 3 is 2.94 bits per heavy atom. The molecule has 0 saturated heterocycles. The largest absolute Gasteiger partial charge is 0.243 e. The van der Waals surface area contributed by atoms with Gasteiger partial charge in [-0.3, -0.25) is 0 Å². The van der Waals surface area contributed by atoms with Crippen LogP contribution < -0.4 is 0 Å². The molecule has 0 aliphatic heterocycles. The first-order chi connectivity index (χ1) is 8.38. The van der Waals surface area contributed by atoms with Gasteiger partial charge in [-0.2, -0.15) is 5.26 Å². The Balaban J connectivity index is 2.08. The zero-order chi connectivity index (χ0) is 11.7. The number of aromatic nitrogens is 1. The van der Waals surface area contributed by atoms with Gasteiger partial charge in [0.25, 0.3) is 0 Å². The number of benzene rings is 1. The lowest BCUT2D eigenvalue weighted by molar-refractivity contribution is 0.401. The molecule has 0 unspecified atom stereocenters. The standard InChI is InChI=1S/C14H10N2S/c15-8-12-11(5-4-10-2-1-3-10)6-7-13-14(12)16-9-17-13/h6-7,9-10H,1-3H2. The lowest BCUT2D eigenvalue weighted by atomic mass is 9.86. The Bertz CT molecular complexity index is 663. The molecule has 0 spiro atoms. The SMILES string of the molecule is N#Cc1c(C#CC2CCC2)ccc2scnc12. The van der Waals surface area contributed by atoms with E-state index in [0.717, 1.165) is 15.8 Å². The molecule has 17 heavy (non-hydrogen) atoms. The van der Waals surface area contributed by atoms with Gasteiger partial charge in [-0.15, -0.1) is 11.3 Å². The molecule has 3 heteroatoms. The summed E-state index contributed by atoms with van der Waals surface area (Å²) in [7, 11) is 0. The van der Waals surface area contributed by atoms with Crippen molar-refractivity contribution in [3.05, 3.63) is 28.8 Å². The highest BCUT2D eigenvalue weighted by atomic mass is 32.1. The van der Waals surface area contributed by atoms with Gasteiger partial charge < -0.3 is 0 Å². The molecular weight excluding hydrogens is 228 g/mol. The first kappa shape index (κ1) is 10.3. The Morgan fingerprint density at radius 1 is 1.35 bits per heavy atom. The first-order valence-corrected chi connectivity index (χ1v) is 6.54. The second kappa shape index (κ2) is 4.20. The first-order valence-electron chi connectivity index (χ1n) is 5.66. The maximum Gasteiger partial charge on any atom is 0.103 e. The molecule has 0 N–H and O–H groups in total. The third-order valence-corrected chi connectivity index (χ3v) is 3.92. The number of hydrogen-bond acceptors (Lipinski definition) is 3. The van der Waals surface area contributed by atoms with Crippen LogP contribution in [0.1, 0.15) is 30.4 Å². The summed E-state index contributed by atoms with van der Waals surface area (Å²) in [6, 6.07) is 6.16. The number of hydrogen-bond donors (Lipinski definition) is 0. The molecular formula is C14H10N2S. The number of thiazole rings is 1. The van der Waals surface area contributed by atoms with Crippen molar-refractivity contribution in [1.29, 1.82) is 5.26 Å². The summed E-state index contributed by atoms with van der Waals surface area (Å²) in [5.74, 6) is 6.92. The third-order valence-electron chi connectivity index (χ3n) is 3.13. The summed E-state index contributed by atoms with van der Waals surface area (Å²) in [5, 5.41) is 9.22. The van der Waals surface area contributed by atoms with Crippen LogP contribution in [0.25, 0.3) is 10.2 Å². The monoisotopic (exact) mass is 238 g/mol. The van der Waals surface area contributed by atoms with Crippen molar-refractivity contribution < 1.29 is 0 Å². The summed E-state index contributed by atoms with van der Waals surface area (Å²) in [5.41, 5.74) is 4.00. The van der Waals surface area contributed by atoms with Gasteiger partial charge in [0, 0.05) is 11.5 Å². The van der Waals surface area contributed by atoms with E-state index in [0.29, 0.717) is 11.5 Å². The highest BCUT2D eigenvalue weighted by Crippen LogP contribution is 2.26. The highest BCUT2D eigenvalue weighted by molar-refractivity contribution is 7.16. The minimum atomic E-state index is 0.535. The number of rotatable bonds is 0. The molecule has 0 bridgehead atoms. The van der Waals surface area contributed by atoms with Crippen LogP contribution in [0.5, 0.6) is 0 Å². The maximum atomic E-state index is 9.22. The van der Waals surface area contributed by atoms with E-state index in [9.17, 15) is 5.26 Å². The van der Waals surface area contributed by atoms with Crippen LogP contribution in [0.15, 0.2) is 17.6 Å². The number of nitrogens with zero attached hydrogens (tertiary/aromatic N) is 2. The van der Waals surface area contributed by atoms with Gasteiger partial charge in [-0.25, -0.2) is 4.98 Å². The normalized spacial score (nSPS) is 14.8. The topological polar surface area (TPSA) is 36.7 Å². The summed E-state index contributed by atoms with van der Waals surface area (Å²) < 4.78 is 1.05. The van der Waals surface area contributed by atoms with Crippen LogP contribution >= 0.6 is 11.3 Å². The van der Waals surface area contributed by atoms with E-state index in [2.05, 4.69) is 22.9 Å². The molecule has 0 amide bonds. The van der Waals surface area contributed by atoms with Gasteiger partial charge in [-0.05, 0) is 25.0 Å². The molecule has 1 heterocycles. The molecule has 3 rings (SSSR count). The fourth-order valence-electron chi connectivity index (χ4n) is 1.88. The average molecular weight is 238 g/mol. The summed E-state index contributed by atoms with van der Waals surface area (Å²) >= 11 is 1.56. The maximum absolute atomic E-state index is 9.22. The Morgan fingerprint density at radius 2 is 2.24 bits per heavy atom. The molecule has 1 aromatic heterocycles. The highest BCUT2D eigenvalue weighted by Gasteiger charge is 2.14. The van der Waals surface area contributed by atoms with E-state index in [1.54, 1.807) is 16.8 Å². The molecule has 1 aromatic carbocycles. The lowest BCUT2D eigenvalue weighted by Crippen LogP contribution is -2.07. The zero-order valence-corrected chi connectivity index (χ0v) is 10.0. The van der Waals surface area contributed by atoms with Crippen molar-refractivity contribution in [1.82, 2.24) is 4.98 Å². The van der Waals surface area contributed by atoms with Crippen molar-refractivity contribution in [2.45, 2.75) is 19.3 Å². The molecule has 82 valence electrons. The second-order valence-electron chi connectivity index (χ2n) is 4.20. The smallest absolute Gasteiger partial charge is 0.103 e. The van der Waals surface area contributed by atoms with Crippen molar-refractivity contribution in [3.63, 3.8) is 0 Å². The summed E-state index contributed by atoms with van der Waals surface area (Å²) in [6.45, 7) is 0. The van der Waals surface area contributed by atoms with Gasteiger partial charge in [0.2, 0.25) is 0 Å². The van der Waals surface area contributed by atoms with E-state index in [4.69, 9.17) is 0 Å². The van der Waals surface area contributed by atoms with Crippen LogP contribution in [0.3, 0.4) is 0 Å². The van der Waals surface area contributed by atoms with E-state index in [1.807, 2.05) is 12.1 Å². The van der Waals surface area contributed by atoms with Crippen LogP contribution in [-0.4, -0.2) is 4.98 Å². The van der Waals surface area contributed by atoms with Crippen LogP contribution in [0.2, 0.25) is 0 Å². The third kappa shape index (κ3) is 1.79. The molecule has 2 nitrogen and oxygen atoms in total. The number of nitriles is 1. The Kier molecular flexibility index (Phi) is 2.55. The van der Waals surface area contributed by atoms with Gasteiger partial charge in [0.05, 0.1) is 15.8 Å². The lowest BCUT2D eigenvalue weighted by Gasteiger charge is -2.18. The van der Waals surface area contributed by atoms with Crippen LogP contribution in [0.4, 0.5) is 0 Å². The van der Waals surface area contributed by atoms with Gasteiger partial charge in [-0.1, -0.05) is 18.3 Å². The summed E-state index contributed by atoms with van der Waals surface area (Å²) in [4.78, 5) is 4.24. The fraction of sp³-hybridized carbons (Fsp3) is 0.286. The van der Waals surface area contributed by atoms with E-state index in [-0.39, 0.29) is 0 Å². The molecule has 1 saturated carbocycles. The van der Waals surface area contributed by atoms with Crippen molar-refractivity contribution >= 4 is 21.6 Å². The van der Waals surface area contributed by atoms with Gasteiger partial charge in [0.1, 0.15) is 11.6 Å². The molecule has 1 aliphatic rings. The molecule has 1 aliphatic carbocycles. The van der Waals surface area contributed by atoms with E-state index in [1.165, 1.54) is 19.3 Å². The van der Waals surface area contributed by atoms with Crippen molar-refractivity contribution in [2.24, 2.45) is 5.92 Å². The van der Waals surface area contributed by atoms with Crippen molar-refractivity contribution in [3.8, 4) is 17.9 Å². The van der Waals surface area contributed by atoms with E-state index >= 15 is 0 Å². The minimum Gasteiger partial charge on any atom is -0.243 e. The quantitative estimate of drug-likeness (QED) is 0.660. The predicted molar refractivity (Wildman–Crippen MR) is 68.6 cm³/mol. The second-order valence-corrected chi connectivity index (χ2v) is 5.08. The van der Waals surface area contributed by atoms with Gasteiger partial charge >= 0.3 is 0 Å². The van der Waals surface area contributed by atoms with Crippen LogP contribution in [-0.2, 0) is 0 Å². The fourth-order valence-corrected chi connectivity index (χ4v) is 2.57. The van der Waals surface area contributed by atoms with E-state index < -0.39 is 0 Å². The zero-order valence-electron chi connectivity index (χ0n) is 9.23. The average Bonchev–Trinajstić information content (AvgIpc) is 2.74. The predicted octanol–water partition coefficient (Wildman–Crippen LogP) is 3.32. The Labute approximate surface area is 104 Å². The molecule has 2 aromatic rings. The Hall–Kier alpha value is -1.84. The summed E-state index contributed by atoms with van der Waals surface area (Å²) in [6.07, 6.45) is 3.69. The molecule has 1 fully saturated rings. The van der Waals surface area contributed by atoms with Crippen LogP contribution in [0, 0.1) is 29.1 Å².